The van der Waals surface area contributed by atoms with E-state index in [1.807, 2.05) is 19.9 Å². The number of halogens is 1. The zero-order valence-electron chi connectivity index (χ0n) is 9.46. The first-order valence-corrected chi connectivity index (χ1v) is 5.21. The smallest absolute Gasteiger partial charge is 0.128 e. The third-order valence-corrected chi connectivity index (χ3v) is 2.51. The van der Waals surface area contributed by atoms with E-state index in [9.17, 15) is 4.39 Å². The summed E-state index contributed by atoms with van der Waals surface area (Å²) >= 11 is 0. The Labute approximate surface area is 90.4 Å². The fourth-order valence-electron chi connectivity index (χ4n) is 1.61. The van der Waals surface area contributed by atoms with Gasteiger partial charge >= 0.3 is 0 Å². The number of ether oxygens (including phenoxy) is 1. The summed E-state index contributed by atoms with van der Waals surface area (Å²) in [7, 11) is 1.63. The Balaban J connectivity index is 2.93. The van der Waals surface area contributed by atoms with Gasteiger partial charge in [-0.15, -0.1) is 0 Å². The second-order valence-corrected chi connectivity index (χ2v) is 3.50. The molecule has 0 heterocycles. The summed E-state index contributed by atoms with van der Waals surface area (Å²) in [5.41, 5.74) is 0.661. The number of hydrogen-bond donors (Lipinski definition) is 1. The average molecular weight is 211 g/mol. The molecular formula is C12H18FNO. The van der Waals surface area contributed by atoms with Crippen LogP contribution in [0.5, 0.6) is 0 Å². The van der Waals surface area contributed by atoms with E-state index in [1.54, 1.807) is 19.2 Å². The number of methoxy groups -OCH3 is 1. The van der Waals surface area contributed by atoms with Gasteiger partial charge in [-0.05, 0) is 19.5 Å². The maximum atomic E-state index is 13.6. The summed E-state index contributed by atoms with van der Waals surface area (Å²) in [6.07, 6.45) is -0.0538. The fourth-order valence-corrected chi connectivity index (χ4v) is 1.61. The minimum atomic E-state index is -0.188. The summed E-state index contributed by atoms with van der Waals surface area (Å²) in [6.45, 7) is 4.71. The molecule has 3 heteroatoms. The van der Waals surface area contributed by atoms with Gasteiger partial charge < -0.3 is 10.1 Å². The van der Waals surface area contributed by atoms with Crippen LogP contribution in [-0.4, -0.2) is 19.8 Å². The van der Waals surface area contributed by atoms with Gasteiger partial charge in [0.25, 0.3) is 0 Å². The lowest BCUT2D eigenvalue weighted by Crippen LogP contribution is -2.32. The molecule has 1 rings (SSSR count). The molecule has 0 radical (unpaired) electrons. The molecule has 84 valence electrons. The van der Waals surface area contributed by atoms with Crippen molar-refractivity contribution in [2.45, 2.75) is 26.0 Å². The van der Waals surface area contributed by atoms with E-state index < -0.39 is 0 Å². The summed E-state index contributed by atoms with van der Waals surface area (Å²) in [6, 6.07) is 6.70. The van der Waals surface area contributed by atoms with E-state index >= 15 is 0 Å². The molecule has 0 amide bonds. The van der Waals surface area contributed by atoms with Crippen molar-refractivity contribution in [3.63, 3.8) is 0 Å². The predicted octanol–water partition coefficient (Wildman–Crippen LogP) is 2.51. The van der Waals surface area contributed by atoms with Gasteiger partial charge in [-0.3, -0.25) is 0 Å². The van der Waals surface area contributed by atoms with Crippen LogP contribution in [0.3, 0.4) is 0 Å². The molecule has 0 spiro atoms. The van der Waals surface area contributed by atoms with Crippen LogP contribution in [0.25, 0.3) is 0 Å². The van der Waals surface area contributed by atoms with Gasteiger partial charge in [0, 0.05) is 12.7 Å². The summed E-state index contributed by atoms with van der Waals surface area (Å²) in [5.74, 6) is -0.188. The van der Waals surface area contributed by atoms with E-state index in [4.69, 9.17) is 4.74 Å². The molecular weight excluding hydrogens is 193 g/mol. The molecule has 0 aliphatic heterocycles. The Bertz CT molecular complexity index is 303. The van der Waals surface area contributed by atoms with Crippen molar-refractivity contribution in [1.29, 1.82) is 0 Å². The molecule has 0 saturated heterocycles. The van der Waals surface area contributed by atoms with Crippen molar-refractivity contribution in [3.05, 3.63) is 35.6 Å². The molecule has 2 atom stereocenters. The van der Waals surface area contributed by atoms with Crippen molar-refractivity contribution in [3.8, 4) is 0 Å². The van der Waals surface area contributed by atoms with Crippen molar-refractivity contribution in [1.82, 2.24) is 5.32 Å². The summed E-state index contributed by atoms with van der Waals surface area (Å²) in [5, 5.41) is 3.23. The van der Waals surface area contributed by atoms with Crippen LogP contribution in [0, 0.1) is 5.82 Å². The maximum Gasteiger partial charge on any atom is 0.128 e. The highest BCUT2D eigenvalue weighted by Gasteiger charge is 2.20. The van der Waals surface area contributed by atoms with E-state index in [1.165, 1.54) is 6.07 Å². The fraction of sp³-hybridized carbons (Fsp3) is 0.500. The van der Waals surface area contributed by atoms with Crippen molar-refractivity contribution in [2.75, 3.05) is 13.7 Å². The second kappa shape index (κ2) is 5.83. The van der Waals surface area contributed by atoms with Crippen LogP contribution in [0.15, 0.2) is 24.3 Å². The van der Waals surface area contributed by atoms with Gasteiger partial charge in [-0.25, -0.2) is 4.39 Å². The summed E-state index contributed by atoms with van der Waals surface area (Å²) in [4.78, 5) is 0. The Kier molecular flexibility index (Phi) is 4.72. The molecule has 1 N–H and O–H groups in total. The van der Waals surface area contributed by atoms with Crippen LogP contribution >= 0.6 is 0 Å². The van der Waals surface area contributed by atoms with Crippen molar-refractivity contribution in [2.24, 2.45) is 0 Å². The standard InChI is InChI=1S/C12H18FNO/c1-4-14-12(9(2)15-3)10-7-5-6-8-11(10)13/h5-9,12,14H,4H2,1-3H3. The molecule has 0 saturated carbocycles. The molecule has 15 heavy (non-hydrogen) atoms. The number of hydrogen-bond acceptors (Lipinski definition) is 2. The molecule has 0 bridgehead atoms. The van der Waals surface area contributed by atoms with Gasteiger partial charge in [0.1, 0.15) is 5.82 Å². The largest absolute Gasteiger partial charge is 0.380 e. The summed E-state index contributed by atoms with van der Waals surface area (Å²) < 4.78 is 18.8. The van der Waals surface area contributed by atoms with E-state index in [-0.39, 0.29) is 18.0 Å². The zero-order valence-corrected chi connectivity index (χ0v) is 9.46. The molecule has 1 aromatic rings. The minimum Gasteiger partial charge on any atom is -0.380 e. The molecule has 2 nitrogen and oxygen atoms in total. The highest BCUT2D eigenvalue weighted by molar-refractivity contribution is 5.22. The molecule has 0 aromatic heterocycles. The topological polar surface area (TPSA) is 21.3 Å². The van der Waals surface area contributed by atoms with Crippen molar-refractivity contribution >= 4 is 0 Å². The first-order chi connectivity index (χ1) is 7.20. The lowest BCUT2D eigenvalue weighted by atomic mass is 10.0. The SMILES string of the molecule is CCNC(c1ccccc1F)C(C)OC. The maximum absolute atomic E-state index is 13.6. The van der Waals surface area contributed by atoms with Crippen LogP contribution in [-0.2, 0) is 4.74 Å². The van der Waals surface area contributed by atoms with Crippen LogP contribution in [0.4, 0.5) is 4.39 Å². The molecule has 0 aliphatic carbocycles. The third kappa shape index (κ3) is 3.01. The highest BCUT2D eigenvalue weighted by Crippen LogP contribution is 2.21. The van der Waals surface area contributed by atoms with Gasteiger partial charge in [0.05, 0.1) is 12.1 Å². The highest BCUT2D eigenvalue weighted by atomic mass is 19.1. The van der Waals surface area contributed by atoms with Crippen LogP contribution in [0.1, 0.15) is 25.5 Å². The number of nitrogens with one attached hydrogen (secondary N) is 1. The Hall–Kier alpha value is -0.930. The predicted molar refractivity (Wildman–Crippen MR) is 59.3 cm³/mol. The van der Waals surface area contributed by atoms with Gasteiger partial charge in [-0.1, -0.05) is 25.1 Å². The molecule has 1 aromatic carbocycles. The molecule has 2 unspecified atom stereocenters. The lowest BCUT2D eigenvalue weighted by molar-refractivity contribution is 0.0823. The monoisotopic (exact) mass is 211 g/mol. The zero-order chi connectivity index (χ0) is 11.3. The first kappa shape index (κ1) is 12.1. The van der Waals surface area contributed by atoms with Crippen LogP contribution in [0.2, 0.25) is 0 Å². The Morgan fingerprint density at radius 2 is 2.07 bits per heavy atom. The Morgan fingerprint density at radius 3 is 2.60 bits per heavy atom. The molecule has 0 aliphatic rings. The Morgan fingerprint density at radius 1 is 1.40 bits per heavy atom. The third-order valence-electron chi connectivity index (χ3n) is 2.51. The number of likely N-dealkylation sites (N-methyl/N-ethyl adjacent to an activating group) is 1. The number of rotatable bonds is 5. The normalized spacial score (nSPS) is 14.9. The quantitative estimate of drug-likeness (QED) is 0.808. The minimum absolute atomic E-state index is 0.0538. The number of benzene rings is 1. The van der Waals surface area contributed by atoms with Crippen molar-refractivity contribution < 1.29 is 9.13 Å². The second-order valence-electron chi connectivity index (χ2n) is 3.50. The van der Waals surface area contributed by atoms with Gasteiger partial charge in [-0.2, -0.15) is 0 Å². The average Bonchev–Trinajstić information content (AvgIpc) is 2.26. The molecule has 0 fully saturated rings. The van der Waals surface area contributed by atoms with E-state index in [0.717, 1.165) is 6.54 Å². The van der Waals surface area contributed by atoms with E-state index in [2.05, 4.69) is 5.32 Å². The van der Waals surface area contributed by atoms with Gasteiger partial charge in [0.2, 0.25) is 0 Å². The first-order valence-electron chi connectivity index (χ1n) is 5.21. The van der Waals surface area contributed by atoms with Crippen LogP contribution < -0.4 is 5.32 Å². The lowest BCUT2D eigenvalue weighted by Gasteiger charge is -2.24. The van der Waals surface area contributed by atoms with Gasteiger partial charge in [0.15, 0.2) is 0 Å². The van der Waals surface area contributed by atoms with E-state index in [0.29, 0.717) is 5.56 Å².